The Kier molecular flexibility index (Phi) is 4.73. The minimum Gasteiger partial charge on any atom is -0.495 e. The third kappa shape index (κ3) is 3.17. The molecule has 1 atom stereocenters. The highest BCUT2D eigenvalue weighted by Gasteiger charge is 2.36. The number of rotatable bonds is 5. The zero-order valence-electron chi connectivity index (χ0n) is 14.4. The lowest BCUT2D eigenvalue weighted by Crippen LogP contribution is -2.30. The van der Waals surface area contributed by atoms with Crippen molar-refractivity contribution in [2.24, 2.45) is 0 Å². The van der Waals surface area contributed by atoms with Crippen LogP contribution >= 0.6 is 0 Å². The molecular formula is C19H19NO5S. The Labute approximate surface area is 152 Å². The zero-order chi connectivity index (χ0) is 18.9. The summed E-state index contributed by atoms with van der Waals surface area (Å²) in [6, 6.07) is 12.0. The molecule has 0 saturated carbocycles. The maximum atomic E-state index is 13.3. The number of nitrogens with zero attached hydrogens (tertiary/aromatic N) is 1. The van der Waals surface area contributed by atoms with E-state index in [1.54, 1.807) is 12.1 Å². The predicted octanol–water partition coefficient (Wildman–Crippen LogP) is 3.11. The summed E-state index contributed by atoms with van der Waals surface area (Å²) in [6.07, 6.45) is 2.31. The molecular weight excluding hydrogens is 354 g/mol. The quantitative estimate of drug-likeness (QED) is 0.814. The van der Waals surface area contributed by atoms with E-state index in [0.29, 0.717) is 17.8 Å². The second kappa shape index (κ2) is 6.84. The number of benzene rings is 2. The second-order valence-electron chi connectivity index (χ2n) is 6.08. The first kappa shape index (κ1) is 18.0. The molecule has 0 aromatic heterocycles. The first-order valence-corrected chi connectivity index (χ1v) is 9.49. The summed E-state index contributed by atoms with van der Waals surface area (Å²) in [5, 5.41) is 8.78. The van der Waals surface area contributed by atoms with E-state index in [1.807, 2.05) is 25.1 Å². The number of carboxylic acid groups (broad SMARTS) is 1. The Balaban J connectivity index is 2.10. The molecule has 0 amide bonds. The zero-order valence-corrected chi connectivity index (χ0v) is 15.2. The van der Waals surface area contributed by atoms with Crippen LogP contribution in [-0.2, 0) is 14.8 Å². The topological polar surface area (TPSA) is 83.9 Å². The smallest absolute Gasteiger partial charge is 0.328 e. The van der Waals surface area contributed by atoms with Gasteiger partial charge in [0.15, 0.2) is 0 Å². The molecule has 0 bridgehead atoms. The van der Waals surface area contributed by atoms with E-state index in [2.05, 4.69) is 0 Å². The standard InChI is InChI=1S/C19H19NO5S/c1-13-12-20(16-6-4-3-5-15(13)16)26(23,24)18-11-14(8-10-19(21)22)7-9-17(18)25-2/h3-11,13H,12H2,1-2H3,(H,21,22)/b10-8+/t13-/m0/s1. The Bertz CT molecular complexity index is 981. The van der Waals surface area contributed by atoms with Gasteiger partial charge in [-0.1, -0.05) is 31.2 Å². The van der Waals surface area contributed by atoms with Gasteiger partial charge < -0.3 is 9.84 Å². The number of hydrogen-bond donors (Lipinski definition) is 1. The number of sulfonamides is 1. The molecule has 1 N–H and O–H groups in total. The average Bonchev–Trinajstić information content (AvgIpc) is 2.97. The fraction of sp³-hybridized carbons (Fsp3) is 0.211. The van der Waals surface area contributed by atoms with Gasteiger partial charge >= 0.3 is 5.97 Å². The molecule has 26 heavy (non-hydrogen) atoms. The molecule has 136 valence electrons. The minimum atomic E-state index is -3.86. The van der Waals surface area contributed by atoms with Crippen LogP contribution in [0.5, 0.6) is 5.75 Å². The molecule has 0 aliphatic carbocycles. The second-order valence-corrected chi connectivity index (χ2v) is 7.91. The van der Waals surface area contributed by atoms with Crippen molar-refractivity contribution in [2.45, 2.75) is 17.7 Å². The summed E-state index contributed by atoms with van der Waals surface area (Å²) < 4.78 is 33.3. The molecule has 0 fully saturated rings. The van der Waals surface area contributed by atoms with Crippen molar-refractivity contribution in [1.29, 1.82) is 0 Å². The highest BCUT2D eigenvalue weighted by molar-refractivity contribution is 7.93. The van der Waals surface area contributed by atoms with E-state index in [-0.39, 0.29) is 16.6 Å². The third-order valence-corrected chi connectivity index (χ3v) is 6.15. The number of aliphatic carboxylic acids is 1. The lowest BCUT2D eigenvalue weighted by Gasteiger charge is -2.21. The lowest BCUT2D eigenvalue weighted by atomic mass is 10.0. The van der Waals surface area contributed by atoms with Crippen LogP contribution in [0.15, 0.2) is 53.4 Å². The van der Waals surface area contributed by atoms with Crippen LogP contribution in [0.2, 0.25) is 0 Å². The van der Waals surface area contributed by atoms with E-state index < -0.39 is 16.0 Å². The summed E-state index contributed by atoms with van der Waals surface area (Å²) in [4.78, 5) is 10.7. The average molecular weight is 373 g/mol. The summed E-state index contributed by atoms with van der Waals surface area (Å²) in [6.45, 7) is 2.33. The predicted molar refractivity (Wildman–Crippen MR) is 99.1 cm³/mol. The number of fused-ring (bicyclic) bond motifs is 1. The Morgan fingerprint density at radius 2 is 2.00 bits per heavy atom. The molecule has 7 heteroatoms. The molecule has 1 heterocycles. The number of ether oxygens (including phenoxy) is 1. The van der Waals surface area contributed by atoms with Gasteiger partial charge in [0.25, 0.3) is 10.0 Å². The van der Waals surface area contributed by atoms with Crippen molar-refractivity contribution >= 4 is 27.8 Å². The van der Waals surface area contributed by atoms with E-state index in [1.165, 1.54) is 29.6 Å². The van der Waals surface area contributed by atoms with Crippen molar-refractivity contribution in [3.63, 3.8) is 0 Å². The molecule has 2 aromatic rings. The van der Waals surface area contributed by atoms with Gasteiger partial charge in [-0.05, 0) is 35.4 Å². The molecule has 0 spiro atoms. The number of para-hydroxylation sites is 1. The third-order valence-electron chi connectivity index (χ3n) is 4.35. The Morgan fingerprint density at radius 1 is 1.27 bits per heavy atom. The van der Waals surface area contributed by atoms with Crippen molar-refractivity contribution in [3.05, 3.63) is 59.7 Å². The molecule has 0 saturated heterocycles. The van der Waals surface area contributed by atoms with Gasteiger partial charge in [0.2, 0.25) is 0 Å². The monoisotopic (exact) mass is 373 g/mol. The molecule has 2 aromatic carbocycles. The van der Waals surface area contributed by atoms with Crippen molar-refractivity contribution in [2.75, 3.05) is 18.0 Å². The highest BCUT2D eigenvalue weighted by atomic mass is 32.2. The van der Waals surface area contributed by atoms with Crippen LogP contribution in [0, 0.1) is 0 Å². The summed E-state index contributed by atoms with van der Waals surface area (Å²) >= 11 is 0. The molecule has 0 unspecified atom stereocenters. The van der Waals surface area contributed by atoms with Crippen molar-refractivity contribution in [1.82, 2.24) is 0 Å². The van der Waals surface area contributed by atoms with Crippen LogP contribution in [0.4, 0.5) is 5.69 Å². The summed E-state index contributed by atoms with van der Waals surface area (Å²) in [5.74, 6) is -0.802. The fourth-order valence-corrected chi connectivity index (χ4v) is 4.86. The number of methoxy groups -OCH3 is 1. The maximum Gasteiger partial charge on any atom is 0.328 e. The van der Waals surface area contributed by atoms with Crippen molar-refractivity contribution < 1.29 is 23.1 Å². The van der Waals surface area contributed by atoms with Gasteiger partial charge in [-0.3, -0.25) is 4.31 Å². The minimum absolute atomic E-state index is 0.0106. The number of carboxylic acids is 1. The van der Waals surface area contributed by atoms with Gasteiger partial charge in [0.05, 0.1) is 12.8 Å². The highest BCUT2D eigenvalue weighted by Crippen LogP contribution is 2.40. The van der Waals surface area contributed by atoms with Gasteiger partial charge in [-0.2, -0.15) is 0 Å². The Hall–Kier alpha value is -2.80. The largest absolute Gasteiger partial charge is 0.495 e. The van der Waals surface area contributed by atoms with Gasteiger partial charge in [0.1, 0.15) is 10.6 Å². The first-order chi connectivity index (χ1) is 12.3. The van der Waals surface area contributed by atoms with Crippen LogP contribution < -0.4 is 9.04 Å². The molecule has 0 radical (unpaired) electrons. The lowest BCUT2D eigenvalue weighted by molar-refractivity contribution is -0.131. The summed E-state index contributed by atoms with van der Waals surface area (Å²) in [5.41, 5.74) is 2.11. The van der Waals surface area contributed by atoms with Gasteiger partial charge in [-0.15, -0.1) is 0 Å². The van der Waals surface area contributed by atoms with E-state index in [4.69, 9.17) is 9.84 Å². The van der Waals surface area contributed by atoms with Gasteiger partial charge in [-0.25, -0.2) is 13.2 Å². The van der Waals surface area contributed by atoms with Crippen LogP contribution in [0.3, 0.4) is 0 Å². The molecule has 6 nitrogen and oxygen atoms in total. The number of anilines is 1. The number of carbonyl (C=O) groups is 1. The van der Waals surface area contributed by atoms with Crippen LogP contribution in [0.1, 0.15) is 24.0 Å². The van der Waals surface area contributed by atoms with E-state index in [0.717, 1.165) is 11.6 Å². The van der Waals surface area contributed by atoms with Crippen LogP contribution in [0.25, 0.3) is 6.08 Å². The summed E-state index contributed by atoms with van der Waals surface area (Å²) in [7, 11) is -2.46. The van der Waals surface area contributed by atoms with Crippen LogP contribution in [-0.4, -0.2) is 33.1 Å². The number of hydrogen-bond acceptors (Lipinski definition) is 4. The first-order valence-electron chi connectivity index (χ1n) is 8.05. The van der Waals surface area contributed by atoms with Crippen molar-refractivity contribution in [3.8, 4) is 5.75 Å². The van der Waals surface area contributed by atoms with E-state index in [9.17, 15) is 13.2 Å². The fourth-order valence-electron chi connectivity index (χ4n) is 3.09. The maximum absolute atomic E-state index is 13.3. The molecule has 1 aliphatic heterocycles. The molecule has 3 rings (SSSR count). The Morgan fingerprint density at radius 3 is 2.69 bits per heavy atom. The molecule has 1 aliphatic rings. The normalized spacial score (nSPS) is 16.7. The SMILES string of the molecule is COc1ccc(/C=C/C(=O)O)cc1S(=O)(=O)N1C[C@H](C)c2ccccc21. The van der Waals surface area contributed by atoms with E-state index >= 15 is 0 Å². The van der Waals surface area contributed by atoms with Gasteiger partial charge in [0, 0.05) is 18.5 Å².